The Bertz CT molecular complexity index is 674. The second kappa shape index (κ2) is 5.90. The molecule has 1 aliphatic rings. The van der Waals surface area contributed by atoms with E-state index in [0.717, 1.165) is 42.6 Å². The summed E-state index contributed by atoms with van der Waals surface area (Å²) in [6, 6.07) is 7.75. The van der Waals surface area contributed by atoms with Crippen LogP contribution in [0.1, 0.15) is 12.8 Å². The van der Waals surface area contributed by atoms with Crippen LogP contribution in [0.5, 0.6) is 0 Å². The van der Waals surface area contributed by atoms with Gasteiger partial charge in [0.05, 0.1) is 5.52 Å². The Morgan fingerprint density at radius 1 is 1.38 bits per heavy atom. The molecular formula is C16H18ClN3O. The predicted octanol–water partition coefficient (Wildman–Crippen LogP) is 2.95. The van der Waals surface area contributed by atoms with Gasteiger partial charge in [0.1, 0.15) is 0 Å². The molecule has 0 bridgehead atoms. The van der Waals surface area contributed by atoms with Crippen LogP contribution in [-0.4, -0.2) is 42.5 Å². The molecule has 0 aliphatic carbocycles. The van der Waals surface area contributed by atoms with Gasteiger partial charge in [-0.1, -0.05) is 11.6 Å². The molecule has 1 aromatic carbocycles. The van der Waals surface area contributed by atoms with Gasteiger partial charge in [-0.2, -0.15) is 0 Å². The quantitative estimate of drug-likeness (QED) is 0.871. The maximum atomic E-state index is 11.7. The van der Waals surface area contributed by atoms with Crippen molar-refractivity contribution in [3.8, 4) is 0 Å². The molecule has 0 N–H and O–H groups in total. The lowest BCUT2D eigenvalue weighted by Gasteiger charge is -2.24. The first-order valence-corrected chi connectivity index (χ1v) is 7.56. The summed E-state index contributed by atoms with van der Waals surface area (Å²) in [4.78, 5) is 20.1. The summed E-state index contributed by atoms with van der Waals surface area (Å²) >= 11 is 6.02. The molecule has 110 valence electrons. The lowest BCUT2D eigenvalue weighted by molar-refractivity contribution is -0.127. The fourth-order valence-corrected chi connectivity index (χ4v) is 2.94. The summed E-state index contributed by atoms with van der Waals surface area (Å²) in [6.07, 6.45) is 3.48. The number of anilines is 1. The van der Waals surface area contributed by atoms with Crippen molar-refractivity contribution in [2.45, 2.75) is 12.8 Å². The molecule has 21 heavy (non-hydrogen) atoms. The number of nitrogens with zero attached hydrogens (tertiary/aromatic N) is 3. The molecule has 2 aromatic rings. The number of amides is 1. The van der Waals surface area contributed by atoms with Crippen LogP contribution >= 0.6 is 11.6 Å². The number of likely N-dealkylation sites (tertiary alicyclic amines) is 1. The van der Waals surface area contributed by atoms with Crippen molar-refractivity contribution in [3.05, 3.63) is 35.5 Å². The van der Waals surface area contributed by atoms with Crippen molar-refractivity contribution >= 4 is 34.1 Å². The third kappa shape index (κ3) is 2.95. The fourth-order valence-electron chi connectivity index (χ4n) is 2.77. The van der Waals surface area contributed by atoms with Crippen molar-refractivity contribution in [2.75, 3.05) is 31.6 Å². The highest BCUT2D eigenvalue weighted by atomic mass is 35.5. The smallest absolute Gasteiger partial charge is 0.222 e. The standard InChI is InChI=1S/C16H18ClN3O/c1-19(9-10-20-8-2-3-16(20)21)15-6-7-18-14-11-12(17)4-5-13(14)15/h4-7,11H,2-3,8-10H2,1H3. The van der Waals surface area contributed by atoms with Crippen LogP contribution in [0.3, 0.4) is 0 Å². The van der Waals surface area contributed by atoms with Gasteiger partial charge in [0.15, 0.2) is 0 Å². The molecule has 1 aliphatic heterocycles. The minimum Gasteiger partial charge on any atom is -0.372 e. The molecule has 0 unspecified atom stereocenters. The zero-order valence-electron chi connectivity index (χ0n) is 12.1. The molecule has 1 aromatic heterocycles. The number of fused-ring (bicyclic) bond motifs is 1. The van der Waals surface area contributed by atoms with Crippen LogP contribution in [0.4, 0.5) is 5.69 Å². The Hall–Kier alpha value is -1.81. The number of rotatable bonds is 4. The van der Waals surface area contributed by atoms with Crippen LogP contribution < -0.4 is 4.90 Å². The van der Waals surface area contributed by atoms with Gasteiger partial charge in [-0.15, -0.1) is 0 Å². The summed E-state index contributed by atoms with van der Waals surface area (Å²) in [5.74, 6) is 0.273. The molecule has 0 spiro atoms. The monoisotopic (exact) mass is 303 g/mol. The average Bonchev–Trinajstić information content (AvgIpc) is 2.89. The Morgan fingerprint density at radius 2 is 2.24 bits per heavy atom. The normalized spacial score (nSPS) is 15.0. The number of likely N-dealkylation sites (N-methyl/N-ethyl adjacent to an activating group) is 1. The van der Waals surface area contributed by atoms with E-state index in [4.69, 9.17) is 11.6 Å². The van der Waals surface area contributed by atoms with E-state index in [9.17, 15) is 4.79 Å². The highest BCUT2D eigenvalue weighted by molar-refractivity contribution is 6.31. The van der Waals surface area contributed by atoms with Gasteiger partial charge in [-0.05, 0) is 30.7 Å². The number of benzene rings is 1. The summed E-state index contributed by atoms with van der Waals surface area (Å²) < 4.78 is 0. The van der Waals surface area contributed by atoms with Crippen LogP contribution in [-0.2, 0) is 4.79 Å². The van der Waals surface area contributed by atoms with E-state index in [1.807, 2.05) is 36.2 Å². The van der Waals surface area contributed by atoms with E-state index in [0.29, 0.717) is 11.4 Å². The Kier molecular flexibility index (Phi) is 3.97. The molecule has 1 fully saturated rings. The van der Waals surface area contributed by atoms with Crippen LogP contribution in [0, 0.1) is 0 Å². The van der Waals surface area contributed by atoms with Gasteiger partial charge in [0, 0.05) is 55.4 Å². The second-order valence-corrected chi connectivity index (χ2v) is 5.83. The van der Waals surface area contributed by atoms with Crippen LogP contribution in [0.15, 0.2) is 30.5 Å². The zero-order valence-corrected chi connectivity index (χ0v) is 12.8. The maximum absolute atomic E-state index is 11.7. The van der Waals surface area contributed by atoms with E-state index < -0.39 is 0 Å². The minimum atomic E-state index is 0.273. The molecule has 3 rings (SSSR count). The minimum absolute atomic E-state index is 0.273. The summed E-state index contributed by atoms with van der Waals surface area (Å²) in [5, 5.41) is 1.77. The molecule has 0 atom stereocenters. The molecular weight excluding hydrogens is 286 g/mol. The van der Waals surface area contributed by atoms with E-state index in [-0.39, 0.29) is 5.91 Å². The molecule has 1 saturated heterocycles. The summed E-state index contributed by atoms with van der Waals surface area (Å²) in [7, 11) is 2.05. The molecule has 2 heterocycles. The number of aromatic nitrogens is 1. The highest BCUT2D eigenvalue weighted by Crippen LogP contribution is 2.26. The predicted molar refractivity (Wildman–Crippen MR) is 85.8 cm³/mol. The van der Waals surface area contributed by atoms with Gasteiger partial charge >= 0.3 is 0 Å². The van der Waals surface area contributed by atoms with E-state index in [1.54, 1.807) is 6.20 Å². The Morgan fingerprint density at radius 3 is 3.00 bits per heavy atom. The van der Waals surface area contributed by atoms with Crippen LogP contribution in [0.2, 0.25) is 5.02 Å². The number of halogens is 1. The first-order valence-electron chi connectivity index (χ1n) is 7.18. The second-order valence-electron chi connectivity index (χ2n) is 5.40. The molecule has 0 saturated carbocycles. The molecule has 1 amide bonds. The van der Waals surface area contributed by atoms with Crippen molar-refractivity contribution in [3.63, 3.8) is 0 Å². The summed E-state index contributed by atoms with van der Waals surface area (Å²) in [6.45, 7) is 2.47. The van der Waals surface area contributed by atoms with Gasteiger partial charge in [-0.3, -0.25) is 9.78 Å². The van der Waals surface area contributed by atoms with Gasteiger partial charge in [0.25, 0.3) is 0 Å². The third-order valence-corrected chi connectivity index (χ3v) is 4.20. The molecule has 5 heteroatoms. The zero-order chi connectivity index (χ0) is 14.8. The van der Waals surface area contributed by atoms with Crippen molar-refractivity contribution in [2.24, 2.45) is 0 Å². The number of hydrogen-bond donors (Lipinski definition) is 0. The molecule has 4 nitrogen and oxygen atoms in total. The maximum Gasteiger partial charge on any atom is 0.222 e. The van der Waals surface area contributed by atoms with Gasteiger partial charge in [0.2, 0.25) is 5.91 Å². The van der Waals surface area contributed by atoms with Gasteiger partial charge in [-0.25, -0.2) is 0 Å². The fraction of sp³-hybridized carbons (Fsp3) is 0.375. The SMILES string of the molecule is CN(CCN1CCCC1=O)c1ccnc2cc(Cl)ccc12. The summed E-state index contributed by atoms with van der Waals surface area (Å²) in [5.41, 5.74) is 2.01. The lowest BCUT2D eigenvalue weighted by atomic mass is 10.1. The number of hydrogen-bond acceptors (Lipinski definition) is 3. The topological polar surface area (TPSA) is 36.4 Å². The van der Waals surface area contributed by atoms with E-state index >= 15 is 0 Å². The number of pyridine rings is 1. The van der Waals surface area contributed by atoms with E-state index in [2.05, 4.69) is 9.88 Å². The average molecular weight is 304 g/mol. The van der Waals surface area contributed by atoms with Crippen molar-refractivity contribution < 1.29 is 4.79 Å². The Balaban J connectivity index is 1.78. The lowest BCUT2D eigenvalue weighted by Crippen LogP contribution is -2.34. The van der Waals surface area contributed by atoms with Crippen LogP contribution in [0.25, 0.3) is 10.9 Å². The first-order chi connectivity index (χ1) is 10.1. The largest absolute Gasteiger partial charge is 0.372 e. The number of carbonyl (C=O) groups is 1. The number of carbonyl (C=O) groups excluding carboxylic acids is 1. The Labute approximate surface area is 129 Å². The van der Waals surface area contributed by atoms with Crippen molar-refractivity contribution in [1.82, 2.24) is 9.88 Å². The van der Waals surface area contributed by atoms with E-state index in [1.165, 1.54) is 0 Å². The third-order valence-electron chi connectivity index (χ3n) is 3.97. The van der Waals surface area contributed by atoms with Gasteiger partial charge < -0.3 is 9.80 Å². The highest BCUT2D eigenvalue weighted by Gasteiger charge is 2.20. The molecule has 0 radical (unpaired) electrons. The first kappa shape index (κ1) is 14.1. The van der Waals surface area contributed by atoms with Crippen molar-refractivity contribution in [1.29, 1.82) is 0 Å².